The molecule has 1 heterocycles. The molecule has 0 radical (unpaired) electrons. The van der Waals surface area contributed by atoms with E-state index >= 15 is 0 Å². The maximum Gasteiger partial charge on any atom is 0.418 e. The van der Waals surface area contributed by atoms with Crippen molar-refractivity contribution in [2.45, 2.75) is 30.7 Å². The molecule has 70 valence electrons. The van der Waals surface area contributed by atoms with E-state index in [1.165, 1.54) is 0 Å². The summed E-state index contributed by atoms with van der Waals surface area (Å²) in [7, 11) is 0. The Morgan fingerprint density at radius 2 is 2.08 bits per heavy atom. The lowest BCUT2D eigenvalue weighted by Crippen LogP contribution is -2.57. The van der Waals surface area contributed by atoms with E-state index in [0.29, 0.717) is 13.0 Å². The van der Waals surface area contributed by atoms with Gasteiger partial charge in [0.1, 0.15) is 0 Å². The van der Waals surface area contributed by atoms with Crippen LogP contribution >= 0.6 is 0 Å². The molecule has 0 aromatic rings. The summed E-state index contributed by atoms with van der Waals surface area (Å²) >= 11 is 0. The van der Waals surface area contributed by atoms with Gasteiger partial charge in [-0.05, 0) is 25.3 Å². The van der Waals surface area contributed by atoms with Crippen molar-refractivity contribution in [3.63, 3.8) is 0 Å². The van der Waals surface area contributed by atoms with Crippen LogP contribution in [0.25, 0.3) is 0 Å². The minimum absolute atomic E-state index is 0.00150. The van der Waals surface area contributed by atoms with Gasteiger partial charge in [-0.3, -0.25) is 0 Å². The van der Waals surface area contributed by atoms with Crippen LogP contribution in [-0.2, 0) is 0 Å². The fourth-order valence-corrected chi connectivity index (χ4v) is 2.22. The van der Waals surface area contributed by atoms with Crippen molar-refractivity contribution in [2.75, 3.05) is 6.54 Å². The van der Waals surface area contributed by atoms with Gasteiger partial charge in [0.05, 0.1) is 0 Å². The third-order valence-corrected chi connectivity index (χ3v) is 2.89. The predicted octanol–water partition coefficient (Wildman–Crippen LogP) is 0.662. The highest BCUT2D eigenvalue weighted by molar-refractivity contribution is 5.09. The zero-order chi connectivity index (χ0) is 8.98. The van der Waals surface area contributed by atoms with E-state index in [0.717, 1.165) is 0 Å². The van der Waals surface area contributed by atoms with Crippen LogP contribution in [0.1, 0.15) is 12.8 Å². The number of fused-ring (bicyclic) bond motifs is 2. The summed E-state index contributed by atoms with van der Waals surface area (Å²) in [4.78, 5) is 0. The first-order valence-electron chi connectivity index (χ1n) is 3.96. The number of hydrogen-bond donors (Lipinski definition) is 2. The summed E-state index contributed by atoms with van der Waals surface area (Å²) < 4.78 is 36.9. The van der Waals surface area contributed by atoms with Crippen LogP contribution in [0.5, 0.6) is 0 Å². The van der Waals surface area contributed by atoms with Crippen LogP contribution in [0.4, 0.5) is 13.2 Å². The molecule has 0 amide bonds. The van der Waals surface area contributed by atoms with E-state index in [1.54, 1.807) is 0 Å². The Balaban J connectivity index is 2.23. The van der Waals surface area contributed by atoms with Crippen molar-refractivity contribution in [2.24, 2.45) is 5.92 Å². The third-order valence-electron chi connectivity index (χ3n) is 2.89. The van der Waals surface area contributed by atoms with Crippen molar-refractivity contribution in [1.29, 1.82) is 0 Å². The quantitative estimate of drug-likeness (QED) is 0.575. The minimum Gasteiger partial charge on any atom is -0.379 e. The molecule has 0 unspecified atom stereocenters. The first-order valence-corrected chi connectivity index (χ1v) is 3.96. The molecule has 0 aromatic heterocycles. The topological polar surface area (TPSA) is 32.3 Å². The van der Waals surface area contributed by atoms with Crippen molar-refractivity contribution < 1.29 is 18.3 Å². The maximum atomic E-state index is 12.3. The zero-order valence-corrected chi connectivity index (χ0v) is 6.36. The largest absolute Gasteiger partial charge is 0.418 e. The van der Waals surface area contributed by atoms with Crippen molar-refractivity contribution in [3.05, 3.63) is 0 Å². The van der Waals surface area contributed by atoms with Gasteiger partial charge in [0.2, 0.25) is 0 Å². The van der Waals surface area contributed by atoms with Crippen LogP contribution in [0.15, 0.2) is 0 Å². The molecular formula is C7H10F3NO. The van der Waals surface area contributed by atoms with Gasteiger partial charge in [-0.15, -0.1) is 0 Å². The second-order valence-electron chi connectivity index (χ2n) is 3.69. The first-order chi connectivity index (χ1) is 5.43. The number of alkyl halides is 3. The monoisotopic (exact) mass is 181 g/mol. The Morgan fingerprint density at radius 1 is 1.42 bits per heavy atom. The summed E-state index contributed by atoms with van der Waals surface area (Å²) in [5.74, 6) is 0.00150. The molecule has 1 saturated heterocycles. The highest BCUT2D eigenvalue weighted by Crippen LogP contribution is 2.48. The molecule has 2 fully saturated rings. The first kappa shape index (κ1) is 8.31. The van der Waals surface area contributed by atoms with Crippen LogP contribution in [0.3, 0.4) is 0 Å². The number of piperidine rings is 1. The Labute approximate surface area is 67.8 Å². The third kappa shape index (κ3) is 0.894. The number of rotatable bonds is 0. The van der Waals surface area contributed by atoms with Gasteiger partial charge in [0.25, 0.3) is 0 Å². The molecule has 2 nitrogen and oxygen atoms in total. The maximum absolute atomic E-state index is 12.3. The lowest BCUT2D eigenvalue weighted by molar-refractivity contribution is -0.268. The number of hydrogen-bond acceptors (Lipinski definition) is 2. The van der Waals surface area contributed by atoms with Gasteiger partial charge in [-0.25, -0.2) is 0 Å². The standard InChI is InChI=1S/C7H10F3NO/c8-7(9,10)6(12)2-4-1-5(6)11-3-4/h4-5,11-12H,1-3H2/t4-,5-,6-/m1/s1. The Hall–Kier alpha value is -0.290. The van der Waals surface area contributed by atoms with Crippen molar-refractivity contribution in [3.8, 4) is 0 Å². The Bertz CT molecular complexity index is 205. The van der Waals surface area contributed by atoms with Gasteiger partial charge in [0, 0.05) is 6.04 Å². The lowest BCUT2D eigenvalue weighted by atomic mass is 9.93. The van der Waals surface area contributed by atoms with Crippen LogP contribution in [0, 0.1) is 5.92 Å². The second kappa shape index (κ2) is 2.14. The van der Waals surface area contributed by atoms with E-state index in [-0.39, 0.29) is 12.3 Å². The van der Waals surface area contributed by atoms with E-state index in [1.807, 2.05) is 0 Å². The van der Waals surface area contributed by atoms with Crippen LogP contribution in [-0.4, -0.2) is 29.5 Å². The predicted molar refractivity (Wildman–Crippen MR) is 35.5 cm³/mol. The number of halogens is 3. The van der Waals surface area contributed by atoms with E-state index < -0.39 is 17.8 Å². The molecule has 1 saturated carbocycles. The second-order valence-corrected chi connectivity index (χ2v) is 3.69. The smallest absolute Gasteiger partial charge is 0.379 e. The zero-order valence-electron chi connectivity index (χ0n) is 6.36. The molecule has 0 spiro atoms. The van der Waals surface area contributed by atoms with Crippen molar-refractivity contribution in [1.82, 2.24) is 5.32 Å². The van der Waals surface area contributed by atoms with Crippen LogP contribution in [0.2, 0.25) is 0 Å². The normalized spacial score (nSPS) is 47.0. The fraction of sp³-hybridized carbons (Fsp3) is 1.00. The summed E-state index contributed by atoms with van der Waals surface area (Å²) in [6.45, 7) is 0.614. The average Bonchev–Trinajstić information content (AvgIpc) is 2.43. The molecule has 2 N–H and O–H groups in total. The Morgan fingerprint density at radius 3 is 2.33 bits per heavy atom. The van der Waals surface area contributed by atoms with E-state index in [2.05, 4.69) is 5.32 Å². The molecule has 1 aliphatic heterocycles. The highest BCUT2D eigenvalue weighted by Gasteiger charge is 2.64. The molecule has 5 heteroatoms. The summed E-state index contributed by atoms with van der Waals surface area (Å²) in [6.07, 6.45) is -4.16. The lowest BCUT2D eigenvalue weighted by Gasteiger charge is -2.34. The summed E-state index contributed by atoms with van der Waals surface area (Å²) in [6, 6.07) is -0.775. The molecular weight excluding hydrogens is 171 g/mol. The molecule has 2 bridgehead atoms. The van der Waals surface area contributed by atoms with Gasteiger partial charge < -0.3 is 10.4 Å². The average molecular weight is 181 g/mol. The van der Waals surface area contributed by atoms with Crippen LogP contribution < -0.4 is 5.32 Å². The molecule has 12 heavy (non-hydrogen) atoms. The highest BCUT2D eigenvalue weighted by atomic mass is 19.4. The van der Waals surface area contributed by atoms with Gasteiger partial charge in [-0.2, -0.15) is 13.2 Å². The van der Waals surface area contributed by atoms with Gasteiger partial charge in [0.15, 0.2) is 5.60 Å². The van der Waals surface area contributed by atoms with Crippen molar-refractivity contribution >= 4 is 0 Å². The Kier molecular flexibility index (Phi) is 1.48. The van der Waals surface area contributed by atoms with Gasteiger partial charge >= 0.3 is 6.18 Å². The summed E-state index contributed by atoms with van der Waals surface area (Å²) in [5, 5.41) is 12.0. The summed E-state index contributed by atoms with van der Waals surface area (Å²) in [5.41, 5.74) is -2.46. The van der Waals surface area contributed by atoms with E-state index in [9.17, 15) is 18.3 Å². The molecule has 2 rings (SSSR count). The molecule has 1 aliphatic carbocycles. The number of nitrogens with one attached hydrogen (secondary N) is 1. The van der Waals surface area contributed by atoms with E-state index in [4.69, 9.17) is 0 Å². The molecule has 2 aliphatic rings. The van der Waals surface area contributed by atoms with Gasteiger partial charge in [-0.1, -0.05) is 0 Å². The SMILES string of the molecule is O[C@]1(C(F)(F)F)C[C@@H]2CN[C@@H]1C2. The fourth-order valence-electron chi connectivity index (χ4n) is 2.22. The molecule has 3 atom stereocenters. The number of aliphatic hydroxyl groups is 1. The molecule has 0 aromatic carbocycles. The minimum atomic E-state index is -4.49.